The molecule has 0 fully saturated rings. The van der Waals surface area contributed by atoms with E-state index in [4.69, 9.17) is 0 Å². The number of H-pyrrole nitrogens is 2. The van der Waals surface area contributed by atoms with Gasteiger partial charge in [0.1, 0.15) is 5.75 Å². The summed E-state index contributed by atoms with van der Waals surface area (Å²) in [4.78, 5) is 39.4. The number of hydrogen-bond donors (Lipinski definition) is 5. The number of rotatable bonds is 9. The Labute approximate surface area is 192 Å². The fourth-order valence-electron chi connectivity index (χ4n) is 3.10. The minimum atomic E-state index is -1.17. The molecule has 0 unspecified atom stereocenters. The van der Waals surface area contributed by atoms with Crippen LogP contribution in [0.3, 0.4) is 0 Å². The number of aromatic amines is 2. The number of nitrogens with one attached hydrogen (secondary N) is 2. The predicted molar refractivity (Wildman–Crippen MR) is 124 cm³/mol. The third kappa shape index (κ3) is 5.28. The van der Waals surface area contributed by atoms with E-state index in [1.54, 1.807) is 0 Å². The zero-order valence-corrected chi connectivity index (χ0v) is 19.2. The van der Waals surface area contributed by atoms with Crippen molar-refractivity contribution in [1.82, 2.24) is 19.9 Å². The number of aromatic nitrogens is 4. The molecule has 32 heavy (non-hydrogen) atoms. The molecular formula is C21H24N4O5S2. The van der Waals surface area contributed by atoms with Crippen molar-refractivity contribution >= 4 is 23.5 Å². The van der Waals surface area contributed by atoms with Gasteiger partial charge in [0.15, 0.2) is 10.3 Å². The van der Waals surface area contributed by atoms with E-state index in [2.05, 4.69) is 19.9 Å². The molecule has 5 N–H and O–H groups in total. The molecule has 0 saturated carbocycles. The van der Waals surface area contributed by atoms with Gasteiger partial charge in [-0.2, -0.15) is 9.97 Å². The van der Waals surface area contributed by atoms with Crippen LogP contribution in [-0.4, -0.2) is 46.8 Å². The van der Waals surface area contributed by atoms with Crippen LogP contribution in [0.4, 0.5) is 0 Å². The Morgan fingerprint density at radius 3 is 1.62 bits per heavy atom. The van der Waals surface area contributed by atoms with Gasteiger partial charge < -0.3 is 25.3 Å². The second-order valence-corrected chi connectivity index (χ2v) is 9.11. The fraction of sp³-hybridized carbons (Fsp3) is 0.333. The van der Waals surface area contributed by atoms with Crippen LogP contribution in [0.25, 0.3) is 0 Å². The molecule has 0 saturated heterocycles. The molecule has 3 rings (SSSR count). The number of aromatic hydroxyl groups is 3. The van der Waals surface area contributed by atoms with Gasteiger partial charge in [-0.05, 0) is 30.5 Å². The first-order valence-corrected chi connectivity index (χ1v) is 12.0. The van der Waals surface area contributed by atoms with E-state index in [1.807, 2.05) is 13.8 Å². The molecular weight excluding hydrogens is 452 g/mol. The number of phenolic OH excluding ortho intramolecular Hbond substituents is 1. The van der Waals surface area contributed by atoms with Crippen LogP contribution in [0.1, 0.15) is 49.3 Å². The predicted octanol–water partition coefficient (Wildman–Crippen LogP) is 3.15. The number of benzene rings is 1. The monoisotopic (exact) mass is 476 g/mol. The van der Waals surface area contributed by atoms with Gasteiger partial charge in [-0.3, -0.25) is 9.59 Å². The topological polar surface area (TPSA) is 152 Å². The maximum Gasteiger partial charge on any atom is 0.259 e. The van der Waals surface area contributed by atoms with Gasteiger partial charge in [-0.25, -0.2) is 0 Å². The normalized spacial score (nSPS) is 11.2. The highest BCUT2D eigenvalue weighted by Crippen LogP contribution is 2.36. The molecule has 9 nitrogen and oxygen atoms in total. The molecule has 0 aliphatic rings. The average Bonchev–Trinajstić information content (AvgIpc) is 2.75. The van der Waals surface area contributed by atoms with Crippen molar-refractivity contribution in [2.75, 3.05) is 11.5 Å². The molecule has 0 aliphatic heterocycles. The van der Waals surface area contributed by atoms with Crippen LogP contribution in [0.2, 0.25) is 0 Å². The first kappa shape index (κ1) is 23.7. The number of phenols is 1. The summed E-state index contributed by atoms with van der Waals surface area (Å²) in [7, 11) is 0. The van der Waals surface area contributed by atoms with Crippen LogP contribution in [0, 0.1) is 0 Å². The second-order valence-electron chi connectivity index (χ2n) is 6.94. The minimum Gasteiger partial charge on any atom is -0.508 e. The van der Waals surface area contributed by atoms with Crippen molar-refractivity contribution in [2.45, 2.75) is 42.9 Å². The summed E-state index contributed by atoms with van der Waals surface area (Å²) in [6.07, 6.45) is 1.70. The summed E-state index contributed by atoms with van der Waals surface area (Å²) in [5.74, 6) is -0.882. The molecule has 3 aromatic rings. The Balaban J connectivity index is 2.21. The first-order valence-electron chi connectivity index (χ1n) is 10.1. The standard InChI is InChI=1S/C21H24N4O5S2/c1-3-9-31-20-22-16(27)14(17(28)23-20)13(11-5-7-12(26)8-6-11)15-18(29)24-21(25-19(15)30)32-10-4-2/h5-8,13,26H,3-4,9-10H2,1-2H3,(H2,22,23,27,28)(H2,24,25,29,30). The van der Waals surface area contributed by atoms with E-state index in [0.717, 1.165) is 12.8 Å². The van der Waals surface area contributed by atoms with Gasteiger partial charge in [0, 0.05) is 11.5 Å². The van der Waals surface area contributed by atoms with Crippen LogP contribution in [-0.2, 0) is 0 Å². The smallest absolute Gasteiger partial charge is 0.259 e. The van der Waals surface area contributed by atoms with Gasteiger partial charge >= 0.3 is 0 Å². The molecule has 1 aromatic carbocycles. The zero-order chi connectivity index (χ0) is 23.3. The Kier molecular flexibility index (Phi) is 7.86. The average molecular weight is 477 g/mol. The van der Waals surface area contributed by atoms with Gasteiger partial charge in [-0.15, -0.1) is 0 Å². The lowest BCUT2D eigenvalue weighted by atomic mass is 9.87. The van der Waals surface area contributed by atoms with Crippen molar-refractivity contribution in [3.05, 3.63) is 61.7 Å². The Morgan fingerprint density at radius 2 is 1.25 bits per heavy atom. The molecule has 11 heteroatoms. The van der Waals surface area contributed by atoms with E-state index in [-0.39, 0.29) is 27.2 Å². The van der Waals surface area contributed by atoms with E-state index in [9.17, 15) is 24.9 Å². The molecule has 0 radical (unpaired) electrons. The summed E-state index contributed by atoms with van der Waals surface area (Å²) < 4.78 is 0. The molecule has 0 spiro atoms. The van der Waals surface area contributed by atoms with Crippen LogP contribution >= 0.6 is 23.5 Å². The highest BCUT2D eigenvalue weighted by atomic mass is 32.2. The maximum atomic E-state index is 13.0. The van der Waals surface area contributed by atoms with Crippen molar-refractivity contribution in [3.8, 4) is 17.5 Å². The molecule has 0 amide bonds. The number of hydrogen-bond acceptors (Lipinski definition) is 9. The van der Waals surface area contributed by atoms with Gasteiger partial charge in [0.25, 0.3) is 11.1 Å². The zero-order valence-electron chi connectivity index (χ0n) is 17.6. The van der Waals surface area contributed by atoms with Crippen LogP contribution in [0.5, 0.6) is 17.5 Å². The first-order chi connectivity index (χ1) is 15.3. The lowest BCUT2D eigenvalue weighted by Crippen LogP contribution is -2.26. The molecule has 0 bridgehead atoms. The van der Waals surface area contributed by atoms with Crippen molar-refractivity contribution in [2.24, 2.45) is 0 Å². The quantitative estimate of drug-likeness (QED) is 0.231. The van der Waals surface area contributed by atoms with E-state index >= 15 is 0 Å². The maximum absolute atomic E-state index is 13.0. The summed E-state index contributed by atoms with van der Waals surface area (Å²) in [6, 6.07) is 5.77. The Hall–Kier alpha value is -2.92. The molecule has 2 heterocycles. The second kappa shape index (κ2) is 10.6. The third-order valence-electron chi connectivity index (χ3n) is 4.52. The van der Waals surface area contributed by atoms with Crippen molar-refractivity contribution in [1.29, 1.82) is 0 Å². The highest BCUT2D eigenvalue weighted by molar-refractivity contribution is 7.99. The molecule has 170 valence electrons. The highest BCUT2D eigenvalue weighted by Gasteiger charge is 2.31. The van der Waals surface area contributed by atoms with E-state index in [1.165, 1.54) is 47.8 Å². The Bertz CT molecular complexity index is 1120. The van der Waals surface area contributed by atoms with Gasteiger partial charge in [0.05, 0.1) is 17.0 Å². The summed E-state index contributed by atoms with van der Waals surface area (Å²) >= 11 is 2.57. The lowest BCUT2D eigenvalue weighted by Gasteiger charge is -2.19. The SMILES string of the molecule is CCCSc1nc(O)c(C(c2ccc(O)cc2)c2c(O)nc(SCCC)[nH]c2=O)c(=O)[nH]1. The molecule has 0 atom stereocenters. The minimum absolute atomic E-state index is 0.0161. The number of thioether (sulfide) groups is 2. The van der Waals surface area contributed by atoms with E-state index < -0.39 is 28.8 Å². The fourth-order valence-corrected chi connectivity index (χ4v) is 4.53. The third-order valence-corrected chi connectivity index (χ3v) is 6.67. The number of nitrogens with zero attached hydrogens (tertiary/aromatic N) is 2. The summed E-state index contributed by atoms with van der Waals surface area (Å²) in [5.41, 5.74) is -1.30. The van der Waals surface area contributed by atoms with Gasteiger partial charge in [0.2, 0.25) is 11.8 Å². The van der Waals surface area contributed by atoms with Crippen molar-refractivity contribution in [3.63, 3.8) is 0 Å². The Morgan fingerprint density at radius 1 is 0.812 bits per heavy atom. The van der Waals surface area contributed by atoms with Crippen molar-refractivity contribution < 1.29 is 15.3 Å². The lowest BCUT2D eigenvalue weighted by molar-refractivity contribution is 0.424. The van der Waals surface area contributed by atoms with Gasteiger partial charge in [-0.1, -0.05) is 49.5 Å². The molecule has 0 aliphatic carbocycles. The largest absolute Gasteiger partial charge is 0.508 e. The summed E-state index contributed by atoms with van der Waals surface area (Å²) in [6.45, 7) is 3.95. The van der Waals surface area contributed by atoms with E-state index in [0.29, 0.717) is 17.1 Å². The van der Waals surface area contributed by atoms with Crippen LogP contribution < -0.4 is 11.1 Å². The summed E-state index contributed by atoms with van der Waals surface area (Å²) in [5, 5.41) is 31.5. The molecule has 2 aromatic heterocycles. The van der Waals surface area contributed by atoms with Crippen LogP contribution in [0.15, 0.2) is 44.2 Å².